The maximum absolute atomic E-state index is 11.7. The van der Waals surface area contributed by atoms with Crippen LogP contribution < -0.4 is 5.32 Å². The van der Waals surface area contributed by atoms with Gasteiger partial charge in [0.2, 0.25) is 0 Å². The number of carbonyl (C=O) groups excluding carboxylic acids is 2. The number of rotatable bonds is 6. The van der Waals surface area contributed by atoms with E-state index in [1.54, 1.807) is 26.0 Å². The normalized spacial score (nSPS) is 9.50. The van der Waals surface area contributed by atoms with Crippen LogP contribution in [0.5, 0.6) is 5.75 Å². The third-order valence-corrected chi connectivity index (χ3v) is 2.24. The second-order valence-corrected chi connectivity index (χ2v) is 3.69. The van der Waals surface area contributed by atoms with E-state index in [1.165, 1.54) is 18.3 Å². The maximum atomic E-state index is 11.7. The van der Waals surface area contributed by atoms with E-state index in [0.717, 1.165) is 0 Å². The van der Waals surface area contributed by atoms with Gasteiger partial charge in [-0.1, -0.05) is 0 Å². The number of ether oxygens (including phenoxy) is 2. The summed E-state index contributed by atoms with van der Waals surface area (Å²) in [5.41, 5.74) is 0.385. The van der Waals surface area contributed by atoms with Gasteiger partial charge in [-0.15, -0.1) is 0 Å². The van der Waals surface area contributed by atoms with Crippen molar-refractivity contribution in [1.82, 2.24) is 0 Å². The van der Waals surface area contributed by atoms with Gasteiger partial charge in [0.05, 0.1) is 13.2 Å². The first-order valence-corrected chi connectivity index (χ1v) is 6.18. The topological polar surface area (TPSA) is 84.9 Å². The molecule has 0 spiro atoms. The molecule has 0 aliphatic carbocycles. The highest BCUT2D eigenvalue weighted by Crippen LogP contribution is 2.14. The first-order chi connectivity index (χ1) is 9.58. The van der Waals surface area contributed by atoms with Crippen LogP contribution in [0.1, 0.15) is 13.8 Å². The largest absolute Gasteiger partial charge is 0.508 e. The predicted octanol–water partition coefficient (Wildman–Crippen LogP) is 1.81. The molecular weight excluding hydrogens is 262 g/mol. The number of phenols is 1. The molecule has 6 nitrogen and oxygen atoms in total. The fourth-order valence-electron chi connectivity index (χ4n) is 1.33. The number of anilines is 1. The van der Waals surface area contributed by atoms with Gasteiger partial charge in [-0.3, -0.25) is 0 Å². The fourth-order valence-corrected chi connectivity index (χ4v) is 1.33. The van der Waals surface area contributed by atoms with Crippen LogP contribution in [0.25, 0.3) is 0 Å². The van der Waals surface area contributed by atoms with Crippen molar-refractivity contribution in [3.63, 3.8) is 0 Å². The zero-order valence-electron chi connectivity index (χ0n) is 11.4. The molecule has 0 saturated carbocycles. The van der Waals surface area contributed by atoms with Crippen molar-refractivity contribution in [2.24, 2.45) is 0 Å². The minimum atomic E-state index is -0.753. The fraction of sp³-hybridized carbons (Fsp3) is 0.286. The molecule has 0 amide bonds. The molecule has 0 aliphatic heterocycles. The monoisotopic (exact) mass is 279 g/mol. The second kappa shape index (κ2) is 7.83. The molecule has 108 valence electrons. The molecule has 20 heavy (non-hydrogen) atoms. The Balaban J connectivity index is 2.86. The molecule has 0 atom stereocenters. The SMILES string of the molecule is CCOC(=O)C(=CNc1ccc(O)cc1)C(=O)OCC. The molecule has 1 aromatic rings. The van der Waals surface area contributed by atoms with E-state index in [9.17, 15) is 9.59 Å². The van der Waals surface area contributed by atoms with Gasteiger partial charge in [0.15, 0.2) is 5.57 Å². The molecule has 0 aliphatic rings. The number of carbonyl (C=O) groups is 2. The highest BCUT2D eigenvalue weighted by Gasteiger charge is 2.20. The number of phenolic OH excluding ortho intramolecular Hbond substituents is 1. The Morgan fingerprint density at radius 1 is 1.10 bits per heavy atom. The van der Waals surface area contributed by atoms with Gasteiger partial charge in [0, 0.05) is 11.9 Å². The summed E-state index contributed by atoms with van der Waals surface area (Å²) < 4.78 is 9.58. The van der Waals surface area contributed by atoms with E-state index < -0.39 is 11.9 Å². The molecule has 0 fully saturated rings. The lowest BCUT2D eigenvalue weighted by molar-refractivity contribution is -0.146. The van der Waals surface area contributed by atoms with Crippen LogP contribution in [0.2, 0.25) is 0 Å². The molecule has 1 rings (SSSR count). The summed E-state index contributed by atoms with van der Waals surface area (Å²) in [5.74, 6) is -1.38. The number of benzene rings is 1. The molecule has 6 heteroatoms. The average Bonchev–Trinajstić information content (AvgIpc) is 2.42. The molecule has 0 bridgehead atoms. The molecule has 0 heterocycles. The lowest BCUT2D eigenvalue weighted by Gasteiger charge is -2.07. The number of hydrogen-bond donors (Lipinski definition) is 2. The van der Waals surface area contributed by atoms with Gasteiger partial charge in [-0.25, -0.2) is 9.59 Å². The van der Waals surface area contributed by atoms with Gasteiger partial charge in [0.25, 0.3) is 0 Å². The maximum Gasteiger partial charge on any atom is 0.347 e. The highest BCUT2D eigenvalue weighted by molar-refractivity contribution is 6.14. The van der Waals surface area contributed by atoms with Crippen LogP contribution in [0.15, 0.2) is 36.0 Å². The number of esters is 2. The zero-order valence-corrected chi connectivity index (χ0v) is 11.4. The van der Waals surface area contributed by atoms with Crippen molar-refractivity contribution in [2.45, 2.75) is 13.8 Å². The average molecular weight is 279 g/mol. The Morgan fingerprint density at radius 2 is 1.60 bits per heavy atom. The summed E-state index contributed by atoms with van der Waals surface area (Å²) in [6.07, 6.45) is 1.22. The lowest BCUT2D eigenvalue weighted by atomic mass is 10.2. The molecule has 0 radical (unpaired) electrons. The zero-order chi connectivity index (χ0) is 15.0. The Kier molecular flexibility index (Phi) is 6.09. The number of aromatic hydroxyl groups is 1. The smallest absolute Gasteiger partial charge is 0.347 e. The Labute approximate surface area is 117 Å². The molecule has 1 aromatic carbocycles. The first-order valence-electron chi connectivity index (χ1n) is 6.18. The van der Waals surface area contributed by atoms with E-state index in [1.807, 2.05) is 0 Å². The summed E-state index contributed by atoms with van der Waals surface area (Å²) in [4.78, 5) is 23.3. The van der Waals surface area contributed by atoms with Crippen molar-refractivity contribution in [3.8, 4) is 5.75 Å². The minimum Gasteiger partial charge on any atom is -0.508 e. The van der Waals surface area contributed by atoms with Crippen molar-refractivity contribution < 1.29 is 24.2 Å². The minimum absolute atomic E-state index is 0.121. The Hall–Kier alpha value is -2.50. The third kappa shape index (κ3) is 4.64. The Bertz CT molecular complexity index is 473. The van der Waals surface area contributed by atoms with Crippen LogP contribution in [-0.4, -0.2) is 30.3 Å². The summed E-state index contributed by atoms with van der Waals surface area (Å²) in [6, 6.07) is 6.15. The summed E-state index contributed by atoms with van der Waals surface area (Å²) >= 11 is 0. The highest BCUT2D eigenvalue weighted by atomic mass is 16.6. The standard InChI is InChI=1S/C14H17NO5/c1-3-19-13(17)12(14(18)20-4-2)9-15-10-5-7-11(16)8-6-10/h5-9,15-16H,3-4H2,1-2H3. The van der Waals surface area contributed by atoms with Crippen LogP contribution in [-0.2, 0) is 19.1 Å². The van der Waals surface area contributed by atoms with Gasteiger partial charge in [-0.2, -0.15) is 0 Å². The van der Waals surface area contributed by atoms with Crippen molar-refractivity contribution in [1.29, 1.82) is 0 Å². The van der Waals surface area contributed by atoms with E-state index in [0.29, 0.717) is 5.69 Å². The van der Waals surface area contributed by atoms with E-state index in [2.05, 4.69) is 5.32 Å². The number of nitrogens with one attached hydrogen (secondary N) is 1. The van der Waals surface area contributed by atoms with Gasteiger partial charge in [-0.05, 0) is 38.1 Å². The third-order valence-electron chi connectivity index (χ3n) is 2.24. The van der Waals surface area contributed by atoms with Crippen molar-refractivity contribution >= 4 is 17.6 Å². The van der Waals surface area contributed by atoms with Crippen LogP contribution in [0, 0.1) is 0 Å². The van der Waals surface area contributed by atoms with Crippen molar-refractivity contribution in [2.75, 3.05) is 18.5 Å². The second-order valence-electron chi connectivity index (χ2n) is 3.69. The quantitative estimate of drug-likeness (QED) is 0.271. The number of hydrogen-bond acceptors (Lipinski definition) is 6. The molecular formula is C14H17NO5. The van der Waals surface area contributed by atoms with Gasteiger partial charge in [0.1, 0.15) is 5.75 Å². The first kappa shape index (κ1) is 15.6. The molecule has 2 N–H and O–H groups in total. The van der Waals surface area contributed by atoms with Gasteiger partial charge >= 0.3 is 11.9 Å². The molecule has 0 aromatic heterocycles. The van der Waals surface area contributed by atoms with E-state index in [4.69, 9.17) is 14.6 Å². The summed E-state index contributed by atoms with van der Waals surface area (Å²) in [5, 5.41) is 11.9. The summed E-state index contributed by atoms with van der Waals surface area (Å²) in [6.45, 7) is 3.62. The molecule has 0 saturated heterocycles. The van der Waals surface area contributed by atoms with E-state index in [-0.39, 0.29) is 24.5 Å². The lowest BCUT2D eigenvalue weighted by Crippen LogP contribution is -2.19. The predicted molar refractivity (Wildman–Crippen MR) is 73.1 cm³/mol. The van der Waals surface area contributed by atoms with Crippen LogP contribution >= 0.6 is 0 Å². The van der Waals surface area contributed by atoms with E-state index >= 15 is 0 Å². The van der Waals surface area contributed by atoms with Crippen molar-refractivity contribution in [3.05, 3.63) is 36.0 Å². The molecule has 0 unspecified atom stereocenters. The summed E-state index contributed by atoms with van der Waals surface area (Å²) in [7, 11) is 0. The van der Waals surface area contributed by atoms with Crippen LogP contribution in [0.3, 0.4) is 0 Å². The van der Waals surface area contributed by atoms with Crippen LogP contribution in [0.4, 0.5) is 5.69 Å². The van der Waals surface area contributed by atoms with Gasteiger partial charge < -0.3 is 19.9 Å². The Morgan fingerprint density at radius 3 is 2.05 bits per heavy atom.